The molecule has 1 aromatic carbocycles. The summed E-state index contributed by atoms with van der Waals surface area (Å²) in [5, 5.41) is 8.22. The zero-order valence-corrected chi connectivity index (χ0v) is 9.00. The van der Waals surface area contributed by atoms with E-state index in [1.54, 1.807) is 35.3 Å². The Kier molecular flexibility index (Phi) is 3.12. The van der Waals surface area contributed by atoms with Gasteiger partial charge >= 0.3 is 0 Å². The van der Waals surface area contributed by atoms with Crippen molar-refractivity contribution >= 4 is 24.0 Å². The van der Waals surface area contributed by atoms with Crippen LogP contribution in [0.4, 0.5) is 0 Å². The SMILES string of the molecule is O=CC=Cc1cc(Cl)ccc1-n1ccnn1. The maximum atomic E-state index is 10.3. The van der Waals surface area contributed by atoms with Gasteiger partial charge in [-0.25, -0.2) is 4.68 Å². The number of benzene rings is 1. The van der Waals surface area contributed by atoms with Gasteiger partial charge in [0.1, 0.15) is 6.29 Å². The molecule has 0 amide bonds. The molecule has 5 heteroatoms. The summed E-state index contributed by atoms with van der Waals surface area (Å²) in [6.07, 6.45) is 7.11. The standard InChI is InChI=1S/C11H8ClN3O/c12-10-3-4-11(15-6-5-13-14-15)9(8-10)2-1-7-16/h1-8H. The fraction of sp³-hybridized carbons (Fsp3) is 0. The van der Waals surface area contributed by atoms with Gasteiger partial charge in [0.25, 0.3) is 0 Å². The molecule has 0 saturated carbocycles. The number of halogens is 1. The van der Waals surface area contributed by atoms with Crippen LogP contribution in [0.1, 0.15) is 5.56 Å². The van der Waals surface area contributed by atoms with Gasteiger partial charge in [0.05, 0.1) is 18.1 Å². The minimum atomic E-state index is 0.606. The maximum absolute atomic E-state index is 10.3. The Bertz CT molecular complexity index is 520. The average molecular weight is 234 g/mol. The van der Waals surface area contributed by atoms with Gasteiger partial charge in [-0.3, -0.25) is 4.79 Å². The first kappa shape index (κ1) is 10.6. The Labute approximate surface area is 97.2 Å². The summed E-state index contributed by atoms with van der Waals surface area (Å²) < 4.78 is 1.61. The average Bonchev–Trinajstić information content (AvgIpc) is 2.80. The number of allylic oxidation sites excluding steroid dienone is 1. The smallest absolute Gasteiger partial charge is 0.142 e. The van der Waals surface area contributed by atoms with Crippen molar-refractivity contribution in [2.45, 2.75) is 0 Å². The molecule has 0 radical (unpaired) electrons. The van der Waals surface area contributed by atoms with Crippen LogP contribution in [0, 0.1) is 0 Å². The van der Waals surface area contributed by atoms with E-state index in [9.17, 15) is 4.79 Å². The van der Waals surface area contributed by atoms with Crippen LogP contribution in [0.25, 0.3) is 11.8 Å². The molecule has 0 unspecified atom stereocenters. The summed E-state index contributed by atoms with van der Waals surface area (Å²) in [6, 6.07) is 5.34. The van der Waals surface area contributed by atoms with Crippen LogP contribution in [-0.4, -0.2) is 21.3 Å². The molecule has 16 heavy (non-hydrogen) atoms. The zero-order chi connectivity index (χ0) is 11.4. The van der Waals surface area contributed by atoms with Gasteiger partial charge < -0.3 is 0 Å². The van der Waals surface area contributed by atoms with Gasteiger partial charge in [-0.2, -0.15) is 0 Å². The Morgan fingerprint density at radius 3 is 2.94 bits per heavy atom. The number of nitrogens with zero attached hydrogens (tertiary/aromatic N) is 3. The molecule has 1 heterocycles. The fourth-order valence-corrected chi connectivity index (χ4v) is 1.53. The van der Waals surface area contributed by atoms with E-state index in [0.29, 0.717) is 11.3 Å². The van der Waals surface area contributed by atoms with Crippen LogP contribution in [0.5, 0.6) is 0 Å². The van der Waals surface area contributed by atoms with Gasteiger partial charge in [-0.1, -0.05) is 16.8 Å². The normalized spacial score (nSPS) is 10.8. The second-order valence-corrected chi connectivity index (χ2v) is 3.48. The van der Waals surface area contributed by atoms with Crippen LogP contribution in [0.3, 0.4) is 0 Å². The summed E-state index contributed by atoms with van der Waals surface area (Å²) in [5.41, 5.74) is 1.63. The summed E-state index contributed by atoms with van der Waals surface area (Å²) in [5.74, 6) is 0. The minimum Gasteiger partial charge on any atom is -0.299 e. The van der Waals surface area contributed by atoms with E-state index in [4.69, 9.17) is 11.6 Å². The highest BCUT2D eigenvalue weighted by atomic mass is 35.5. The summed E-state index contributed by atoms with van der Waals surface area (Å²) >= 11 is 5.89. The zero-order valence-electron chi connectivity index (χ0n) is 8.25. The minimum absolute atomic E-state index is 0.606. The van der Waals surface area contributed by atoms with E-state index >= 15 is 0 Å². The molecule has 0 saturated heterocycles. The lowest BCUT2D eigenvalue weighted by Crippen LogP contribution is -1.97. The molecule has 2 rings (SSSR count). The second-order valence-electron chi connectivity index (χ2n) is 3.05. The Morgan fingerprint density at radius 1 is 1.38 bits per heavy atom. The molecule has 0 bridgehead atoms. The number of hydrogen-bond acceptors (Lipinski definition) is 3. The fourth-order valence-electron chi connectivity index (χ4n) is 1.35. The molecule has 1 aromatic heterocycles. The van der Waals surface area contributed by atoms with Crippen molar-refractivity contribution in [1.29, 1.82) is 0 Å². The highest BCUT2D eigenvalue weighted by Gasteiger charge is 2.03. The van der Waals surface area contributed by atoms with E-state index in [-0.39, 0.29) is 0 Å². The van der Waals surface area contributed by atoms with Crippen LogP contribution in [-0.2, 0) is 4.79 Å². The quantitative estimate of drug-likeness (QED) is 0.603. The van der Waals surface area contributed by atoms with Gasteiger partial charge in [-0.15, -0.1) is 5.10 Å². The molecule has 0 aliphatic carbocycles. The second kappa shape index (κ2) is 4.72. The molecule has 0 atom stereocenters. The Hall–Kier alpha value is -1.94. The molecular formula is C11H8ClN3O. The predicted octanol–water partition coefficient (Wildman–Crippen LogP) is 2.13. The van der Waals surface area contributed by atoms with E-state index in [1.807, 2.05) is 6.07 Å². The number of aldehydes is 1. The van der Waals surface area contributed by atoms with Gasteiger partial charge in [-0.05, 0) is 30.4 Å². The first-order chi connectivity index (χ1) is 7.81. The number of aromatic nitrogens is 3. The van der Waals surface area contributed by atoms with E-state index in [2.05, 4.69) is 10.3 Å². The molecule has 4 nitrogen and oxygen atoms in total. The molecule has 0 spiro atoms. The molecule has 0 aliphatic heterocycles. The van der Waals surface area contributed by atoms with Crippen molar-refractivity contribution in [1.82, 2.24) is 15.0 Å². The predicted molar refractivity (Wildman–Crippen MR) is 61.5 cm³/mol. The van der Waals surface area contributed by atoms with Gasteiger partial charge in [0.15, 0.2) is 0 Å². The topological polar surface area (TPSA) is 47.8 Å². The lowest BCUT2D eigenvalue weighted by Gasteiger charge is -2.05. The Balaban J connectivity index is 2.52. The largest absolute Gasteiger partial charge is 0.299 e. The monoisotopic (exact) mass is 233 g/mol. The third-order valence-electron chi connectivity index (χ3n) is 2.01. The third kappa shape index (κ3) is 2.17. The van der Waals surface area contributed by atoms with Gasteiger partial charge in [0, 0.05) is 10.6 Å². The van der Waals surface area contributed by atoms with E-state index in [0.717, 1.165) is 11.3 Å². The highest BCUT2D eigenvalue weighted by Crippen LogP contribution is 2.20. The number of hydrogen-bond donors (Lipinski definition) is 0. The Morgan fingerprint density at radius 2 is 2.25 bits per heavy atom. The number of carbonyl (C=O) groups is 1. The van der Waals surface area contributed by atoms with Crippen LogP contribution >= 0.6 is 11.6 Å². The molecule has 80 valence electrons. The van der Waals surface area contributed by atoms with Crippen LogP contribution in [0.15, 0.2) is 36.7 Å². The summed E-state index contributed by atoms with van der Waals surface area (Å²) in [6.45, 7) is 0. The first-order valence-electron chi connectivity index (χ1n) is 4.59. The summed E-state index contributed by atoms with van der Waals surface area (Å²) in [7, 11) is 0. The highest BCUT2D eigenvalue weighted by molar-refractivity contribution is 6.30. The molecule has 0 aliphatic rings. The van der Waals surface area contributed by atoms with Crippen molar-refractivity contribution in [2.75, 3.05) is 0 Å². The van der Waals surface area contributed by atoms with Crippen molar-refractivity contribution in [3.63, 3.8) is 0 Å². The van der Waals surface area contributed by atoms with Crippen molar-refractivity contribution in [3.8, 4) is 5.69 Å². The lowest BCUT2D eigenvalue weighted by atomic mass is 10.1. The maximum Gasteiger partial charge on any atom is 0.142 e. The number of carbonyl (C=O) groups excluding carboxylic acids is 1. The first-order valence-corrected chi connectivity index (χ1v) is 4.97. The number of rotatable bonds is 3. The molecular weight excluding hydrogens is 226 g/mol. The van der Waals surface area contributed by atoms with Crippen LogP contribution < -0.4 is 0 Å². The molecule has 0 N–H and O–H groups in total. The van der Waals surface area contributed by atoms with Gasteiger partial charge in [0.2, 0.25) is 0 Å². The van der Waals surface area contributed by atoms with Crippen LogP contribution in [0.2, 0.25) is 5.02 Å². The third-order valence-corrected chi connectivity index (χ3v) is 2.25. The molecule has 2 aromatic rings. The van der Waals surface area contributed by atoms with Crippen molar-refractivity contribution < 1.29 is 4.79 Å². The molecule has 0 fully saturated rings. The van der Waals surface area contributed by atoms with Crippen molar-refractivity contribution in [3.05, 3.63) is 47.3 Å². The van der Waals surface area contributed by atoms with Crippen molar-refractivity contribution in [2.24, 2.45) is 0 Å². The lowest BCUT2D eigenvalue weighted by molar-refractivity contribution is -0.104. The van der Waals surface area contributed by atoms with E-state index < -0.39 is 0 Å². The summed E-state index contributed by atoms with van der Waals surface area (Å²) in [4.78, 5) is 10.3. The van der Waals surface area contributed by atoms with E-state index in [1.165, 1.54) is 6.08 Å².